The molecule has 0 aliphatic heterocycles. The van der Waals surface area contributed by atoms with Crippen molar-refractivity contribution in [3.63, 3.8) is 0 Å². The molecule has 374 valence electrons. The van der Waals surface area contributed by atoms with Crippen molar-refractivity contribution >= 4 is 0 Å². The van der Waals surface area contributed by atoms with Crippen molar-refractivity contribution in [2.75, 3.05) is 0 Å². The Morgan fingerprint density at radius 1 is 0.270 bits per heavy atom. The molecule has 0 saturated heterocycles. The first-order valence-electron chi connectivity index (χ1n) is 26.3. The zero-order chi connectivity index (χ0) is 53.1. The van der Waals surface area contributed by atoms with Gasteiger partial charge in [-0.05, 0) is 182 Å². The molecule has 74 heavy (non-hydrogen) atoms. The van der Waals surface area contributed by atoms with Crippen molar-refractivity contribution in [2.24, 2.45) is 0 Å². The minimum atomic E-state index is -0.00367. The number of aryl methyl sites for hydroxylation is 4. The van der Waals surface area contributed by atoms with Crippen LogP contribution >= 0.6 is 0 Å². The molecule has 0 atom stereocenters. The first-order chi connectivity index (χ1) is 34.8. The lowest BCUT2D eigenvalue weighted by atomic mass is 9.78. The second-order valence-corrected chi connectivity index (χ2v) is 24.8. The second-order valence-electron chi connectivity index (χ2n) is 24.8. The van der Waals surface area contributed by atoms with Crippen LogP contribution in [-0.4, -0.2) is 19.9 Å². The van der Waals surface area contributed by atoms with Gasteiger partial charge in [0.05, 0.1) is 23.8 Å². The van der Waals surface area contributed by atoms with Crippen molar-refractivity contribution in [2.45, 2.75) is 132 Å². The molecule has 0 unspecified atom stereocenters. The summed E-state index contributed by atoms with van der Waals surface area (Å²) in [5.74, 6) is 0. The van der Waals surface area contributed by atoms with E-state index in [-0.39, 0.29) is 21.7 Å². The quantitative estimate of drug-likeness (QED) is 0.152. The topological polar surface area (TPSA) is 51.6 Å². The van der Waals surface area contributed by atoms with Crippen LogP contribution < -0.4 is 0 Å². The monoisotopic (exact) mass is 971 g/mol. The molecule has 9 rings (SSSR count). The van der Waals surface area contributed by atoms with Gasteiger partial charge < -0.3 is 0 Å². The Morgan fingerprint density at radius 2 is 0.581 bits per heavy atom. The fourth-order valence-electron chi connectivity index (χ4n) is 9.85. The van der Waals surface area contributed by atoms with Gasteiger partial charge in [-0.2, -0.15) is 0 Å². The summed E-state index contributed by atoms with van der Waals surface area (Å²) in [6.45, 7) is 35.9. The number of hydrogen-bond donors (Lipinski definition) is 0. The lowest BCUT2D eigenvalue weighted by molar-refractivity contribution is 0.568. The maximum absolute atomic E-state index is 5.03. The van der Waals surface area contributed by atoms with Gasteiger partial charge in [0.1, 0.15) is 0 Å². The molecule has 4 heteroatoms. The summed E-state index contributed by atoms with van der Waals surface area (Å²) >= 11 is 0. The summed E-state index contributed by atoms with van der Waals surface area (Å²) in [5, 5.41) is 0. The van der Waals surface area contributed by atoms with Crippen molar-refractivity contribution < 1.29 is 0 Å². The molecular formula is C70H74N4. The summed E-state index contributed by atoms with van der Waals surface area (Å²) in [4.78, 5) is 19.8. The fraction of sp³-hybridized carbons (Fsp3) is 0.286. The lowest BCUT2D eigenvalue weighted by Crippen LogP contribution is -2.16. The average molecular weight is 971 g/mol. The van der Waals surface area contributed by atoms with E-state index < -0.39 is 0 Å². The molecule has 0 aliphatic rings. The van der Waals surface area contributed by atoms with E-state index in [1.54, 1.807) is 0 Å². The van der Waals surface area contributed by atoms with Gasteiger partial charge in [0.15, 0.2) is 0 Å². The first kappa shape index (κ1) is 51.6. The van der Waals surface area contributed by atoms with Gasteiger partial charge in [0.2, 0.25) is 0 Å². The van der Waals surface area contributed by atoms with E-state index in [1.807, 2.05) is 12.4 Å². The minimum absolute atomic E-state index is 0.00287. The summed E-state index contributed by atoms with van der Waals surface area (Å²) in [6, 6.07) is 54.4. The molecule has 0 radical (unpaired) electrons. The Balaban J connectivity index is 1.06. The van der Waals surface area contributed by atoms with Crippen LogP contribution in [0.4, 0.5) is 0 Å². The van der Waals surface area contributed by atoms with Crippen LogP contribution in [0.3, 0.4) is 0 Å². The van der Waals surface area contributed by atoms with E-state index in [0.717, 1.165) is 89.8 Å². The summed E-state index contributed by atoms with van der Waals surface area (Å²) in [5.41, 5.74) is 27.0. The molecule has 3 aromatic heterocycles. The zero-order valence-electron chi connectivity index (χ0n) is 46.8. The molecule has 4 nitrogen and oxygen atoms in total. The lowest BCUT2D eigenvalue weighted by Gasteiger charge is -2.26. The summed E-state index contributed by atoms with van der Waals surface area (Å²) in [6.07, 6.45) is 3.81. The largest absolute Gasteiger partial charge is 0.258 e. The number of pyridine rings is 2. The average Bonchev–Trinajstić information content (AvgIpc) is 3.35. The van der Waals surface area contributed by atoms with Crippen LogP contribution in [0.15, 0.2) is 158 Å². The Kier molecular flexibility index (Phi) is 13.6. The van der Waals surface area contributed by atoms with Gasteiger partial charge in [0.25, 0.3) is 0 Å². The van der Waals surface area contributed by atoms with Crippen LogP contribution in [0.2, 0.25) is 0 Å². The molecular weight excluding hydrogens is 897 g/mol. The van der Waals surface area contributed by atoms with Gasteiger partial charge in [-0.15, -0.1) is 0 Å². The van der Waals surface area contributed by atoms with Crippen molar-refractivity contribution in [1.82, 2.24) is 19.9 Å². The molecule has 0 spiro atoms. The van der Waals surface area contributed by atoms with Crippen LogP contribution in [0, 0.1) is 27.7 Å². The van der Waals surface area contributed by atoms with Crippen LogP contribution in [-0.2, 0) is 21.7 Å². The molecule has 0 aliphatic carbocycles. The van der Waals surface area contributed by atoms with Crippen molar-refractivity contribution in [3.05, 3.63) is 203 Å². The molecule has 0 amide bonds. The number of aromatic nitrogens is 4. The van der Waals surface area contributed by atoms with E-state index in [1.165, 1.54) is 44.5 Å². The molecule has 3 heterocycles. The third kappa shape index (κ3) is 11.3. The number of hydrogen-bond acceptors (Lipinski definition) is 4. The predicted octanol–water partition coefficient (Wildman–Crippen LogP) is 19.0. The van der Waals surface area contributed by atoms with Gasteiger partial charge in [0, 0.05) is 45.0 Å². The molecule has 9 aromatic rings. The second kappa shape index (κ2) is 19.5. The smallest absolute Gasteiger partial charge is 0.0885 e. The molecule has 0 bridgehead atoms. The third-order valence-corrected chi connectivity index (χ3v) is 14.6. The maximum atomic E-state index is 5.03. The summed E-state index contributed by atoms with van der Waals surface area (Å²) in [7, 11) is 0. The normalized spacial score (nSPS) is 12.3. The Labute approximate surface area is 442 Å². The highest BCUT2D eigenvalue weighted by molar-refractivity contribution is 5.85. The van der Waals surface area contributed by atoms with E-state index in [2.05, 4.69) is 256 Å². The minimum Gasteiger partial charge on any atom is -0.258 e. The van der Waals surface area contributed by atoms with E-state index in [0.29, 0.717) is 0 Å². The molecule has 0 fully saturated rings. The summed E-state index contributed by atoms with van der Waals surface area (Å²) < 4.78 is 0. The predicted molar refractivity (Wildman–Crippen MR) is 315 cm³/mol. The zero-order valence-corrected chi connectivity index (χ0v) is 46.8. The van der Waals surface area contributed by atoms with E-state index in [4.69, 9.17) is 19.9 Å². The third-order valence-electron chi connectivity index (χ3n) is 14.6. The van der Waals surface area contributed by atoms with Crippen LogP contribution in [0.1, 0.15) is 128 Å². The van der Waals surface area contributed by atoms with E-state index >= 15 is 0 Å². The number of nitrogens with zero attached hydrogens (tertiary/aromatic N) is 4. The van der Waals surface area contributed by atoms with Crippen molar-refractivity contribution in [1.29, 1.82) is 0 Å². The SMILES string of the molecule is Cc1ccc(-c2cc(-c3ccc(-c4cnc(-c5cccc(-c6cc(-c7cc(C(C)(C)C)cc(C(C)(C)C)c7)cc(-c7ccc(C)nc7C)c6)c5)cn4)cc3)cc(-c3cc(C(C)(C)C)cc(C(C)(C)C)c3)c2)c(C)n1. The van der Waals surface area contributed by atoms with E-state index in [9.17, 15) is 0 Å². The Hall–Kier alpha value is -7.30. The van der Waals surface area contributed by atoms with Gasteiger partial charge in [-0.1, -0.05) is 174 Å². The maximum Gasteiger partial charge on any atom is 0.0885 e. The highest BCUT2D eigenvalue weighted by Crippen LogP contribution is 2.41. The van der Waals surface area contributed by atoms with Crippen molar-refractivity contribution in [3.8, 4) is 89.3 Å². The van der Waals surface area contributed by atoms with Crippen LogP contribution in [0.5, 0.6) is 0 Å². The van der Waals surface area contributed by atoms with Gasteiger partial charge in [-0.25, -0.2) is 0 Å². The fourth-order valence-corrected chi connectivity index (χ4v) is 9.85. The highest BCUT2D eigenvalue weighted by atomic mass is 14.8. The van der Waals surface area contributed by atoms with Gasteiger partial charge in [-0.3, -0.25) is 19.9 Å². The Bertz CT molecular complexity index is 3480. The van der Waals surface area contributed by atoms with Gasteiger partial charge >= 0.3 is 0 Å². The number of rotatable bonds is 8. The number of benzene rings is 6. The molecule has 0 N–H and O–H groups in total. The Morgan fingerprint density at radius 3 is 0.959 bits per heavy atom. The molecule has 0 saturated carbocycles. The first-order valence-corrected chi connectivity index (χ1v) is 26.3. The standard InChI is InChI=1S/C70H74N4/c1-43-20-26-63(45(3)73-43)57-31-51(29-53(33-57)55-35-59(67(5,6)7)39-60(36-55)68(8,9)10)47-22-24-48(25-23-47)65-41-72-66(42-71-65)50-19-17-18-49(28-50)52-30-54(34-58(32-52)64-27-21-44(2)74-46(64)4)56-37-61(69(11,12)13)40-62(38-56)70(14,15)16/h17-42H,1-16H3. The highest BCUT2D eigenvalue weighted by Gasteiger charge is 2.24. The van der Waals surface area contributed by atoms with Crippen LogP contribution in [0.25, 0.3) is 89.3 Å². The molecule has 6 aromatic carbocycles.